The van der Waals surface area contributed by atoms with Crippen LogP contribution in [0.1, 0.15) is 11.1 Å². The smallest absolute Gasteiger partial charge is 0.305 e. The number of benzene rings is 2. The Morgan fingerprint density at radius 2 is 1.79 bits per heavy atom. The molecule has 0 aromatic heterocycles. The number of nitrogens with zero attached hydrogens (tertiary/aromatic N) is 2. The third-order valence-corrected chi connectivity index (χ3v) is 3.81. The van der Waals surface area contributed by atoms with Crippen molar-refractivity contribution in [2.45, 2.75) is 18.9 Å². The Bertz CT molecular complexity index is 949. The summed E-state index contributed by atoms with van der Waals surface area (Å²) in [5.74, 6) is -2.54. The SMILES string of the molecule is NC(=O)[C@H](Cc1ccc(F)c([N+](=O)[O-])c1)NC(=O)Cc1cccc([N+](=O)[O-])c1. The third-order valence-electron chi connectivity index (χ3n) is 3.81. The van der Waals surface area contributed by atoms with Crippen LogP contribution in [0.4, 0.5) is 15.8 Å². The standard InChI is InChI=1S/C17H15FN4O6/c18-13-5-4-11(8-15(13)22(27)28)7-14(17(19)24)20-16(23)9-10-2-1-3-12(6-10)21(25)26/h1-6,8,14H,7,9H2,(H2,19,24)(H,20,23)/t14-/m0/s1. The minimum absolute atomic E-state index is 0.183. The molecule has 1 atom stereocenters. The minimum atomic E-state index is -1.20. The van der Waals surface area contributed by atoms with Gasteiger partial charge in [0.25, 0.3) is 5.69 Å². The van der Waals surface area contributed by atoms with E-state index in [1.165, 1.54) is 30.3 Å². The van der Waals surface area contributed by atoms with Crippen LogP contribution in [-0.2, 0) is 22.4 Å². The Kier molecular flexibility index (Phi) is 6.32. The molecule has 0 unspecified atom stereocenters. The van der Waals surface area contributed by atoms with Crippen LogP contribution in [0.3, 0.4) is 0 Å². The highest BCUT2D eigenvalue weighted by atomic mass is 19.1. The molecule has 11 heteroatoms. The second-order valence-electron chi connectivity index (χ2n) is 5.87. The number of hydrogen-bond donors (Lipinski definition) is 2. The molecule has 0 aliphatic rings. The van der Waals surface area contributed by atoms with E-state index >= 15 is 0 Å². The van der Waals surface area contributed by atoms with Crippen LogP contribution in [0.25, 0.3) is 0 Å². The van der Waals surface area contributed by atoms with E-state index in [2.05, 4.69) is 5.32 Å². The second kappa shape index (κ2) is 8.66. The van der Waals surface area contributed by atoms with Gasteiger partial charge in [-0.3, -0.25) is 29.8 Å². The number of hydrogen-bond acceptors (Lipinski definition) is 6. The van der Waals surface area contributed by atoms with Gasteiger partial charge in [-0.2, -0.15) is 4.39 Å². The number of carbonyl (C=O) groups is 2. The molecule has 0 aliphatic carbocycles. The Morgan fingerprint density at radius 3 is 2.39 bits per heavy atom. The Morgan fingerprint density at radius 1 is 1.07 bits per heavy atom. The predicted octanol–water partition coefficient (Wildman–Crippen LogP) is 1.40. The first-order chi connectivity index (χ1) is 13.2. The molecular formula is C17H15FN4O6. The van der Waals surface area contributed by atoms with Gasteiger partial charge >= 0.3 is 5.69 Å². The fourth-order valence-corrected chi connectivity index (χ4v) is 2.49. The van der Waals surface area contributed by atoms with Crippen molar-refractivity contribution in [1.82, 2.24) is 5.32 Å². The Labute approximate surface area is 157 Å². The van der Waals surface area contributed by atoms with E-state index < -0.39 is 39.2 Å². The normalized spacial score (nSPS) is 11.5. The average molecular weight is 390 g/mol. The lowest BCUT2D eigenvalue weighted by molar-refractivity contribution is -0.387. The molecule has 3 N–H and O–H groups in total. The number of nitro benzene ring substituents is 2. The monoisotopic (exact) mass is 390 g/mol. The summed E-state index contributed by atoms with van der Waals surface area (Å²) in [6.45, 7) is 0. The number of nitro groups is 2. The van der Waals surface area contributed by atoms with Gasteiger partial charge in [0.1, 0.15) is 6.04 Å². The molecule has 0 heterocycles. The van der Waals surface area contributed by atoms with Crippen molar-refractivity contribution in [2.75, 3.05) is 0 Å². The zero-order chi connectivity index (χ0) is 20.8. The zero-order valence-corrected chi connectivity index (χ0v) is 14.3. The molecule has 0 bridgehead atoms. The number of primary amides is 1. The van der Waals surface area contributed by atoms with Crippen LogP contribution in [0, 0.1) is 26.0 Å². The summed E-state index contributed by atoms with van der Waals surface area (Å²) in [5, 5.41) is 24.0. The van der Waals surface area contributed by atoms with E-state index in [0.717, 1.165) is 12.1 Å². The fraction of sp³-hybridized carbons (Fsp3) is 0.176. The van der Waals surface area contributed by atoms with Gasteiger partial charge in [-0.25, -0.2) is 0 Å². The molecule has 0 aliphatic heterocycles. The van der Waals surface area contributed by atoms with Crippen molar-refractivity contribution in [3.8, 4) is 0 Å². The maximum atomic E-state index is 13.4. The van der Waals surface area contributed by atoms with Crippen LogP contribution in [0.2, 0.25) is 0 Å². The third kappa shape index (κ3) is 5.30. The van der Waals surface area contributed by atoms with E-state index in [4.69, 9.17) is 5.73 Å². The van der Waals surface area contributed by atoms with E-state index in [1.54, 1.807) is 0 Å². The second-order valence-corrected chi connectivity index (χ2v) is 5.87. The maximum Gasteiger partial charge on any atom is 0.305 e. The lowest BCUT2D eigenvalue weighted by Gasteiger charge is -2.15. The Balaban J connectivity index is 2.10. The summed E-state index contributed by atoms with van der Waals surface area (Å²) >= 11 is 0. The van der Waals surface area contributed by atoms with Crippen LogP contribution >= 0.6 is 0 Å². The molecule has 2 rings (SSSR count). The van der Waals surface area contributed by atoms with Gasteiger partial charge < -0.3 is 11.1 Å². The van der Waals surface area contributed by atoms with Crippen LogP contribution in [0.5, 0.6) is 0 Å². The fourth-order valence-electron chi connectivity index (χ4n) is 2.49. The molecule has 2 aromatic carbocycles. The summed E-state index contributed by atoms with van der Waals surface area (Å²) < 4.78 is 13.4. The highest BCUT2D eigenvalue weighted by Crippen LogP contribution is 2.19. The van der Waals surface area contributed by atoms with E-state index in [9.17, 15) is 34.2 Å². The number of halogens is 1. The van der Waals surface area contributed by atoms with Gasteiger partial charge in [-0.15, -0.1) is 0 Å². The summed E-state index contributed by atoms with van der Waals surface area (Å²) in [6, 6.07) is 7.31. The summed E-state index contributed by atoms with van der Waals surface area (Å²) in [7, 11) is 0. The van der Waals surface area contributed by atoms with E-state index in [-0.39, 0.29) is 24.1 Å². The molecule has 0 fully saturated rings. The van der Waals surface area contributed by atoms with Gasteiger partial charge in [0.15, 0.2) is 0 Å². The number of amides is 2. The average Bonchev–Trinajstić information content (AvgIpc) is 2.62. The maximum absolute atomic E-state index is 13.4. The molecule has 0 saturated heterocycles. The number of nitrogens with two attached hydrogens (primary N) is 1. The summed E-state index contributed by atoms with van der Waals surface area (Å²) in [6.07, 6.45) is -0.424. The van der Waals surface area contributed by atoms with Crippen molar-refractivity contribution in [2.24, 2.45) is 5.73 Å². The number of carbonyl (C=O) groups excluding carboxylic acids is 2. The van der Waals surface area contributed by atoms with Gasteiger partial charge in [0.05, 0.1) is 16.3 Å². The molecule has 2 amide bonds. The number of rotatable bonds is 8. The molecule has 146 valence electrons. The number of nitrogens with one attached hydrogen (secondary N) is 1. The van der Waals surface area contributed by atoms with Crippen molar-refractivity contribution in [3.63, 3.8) is 0 Å². The molecule has 0 radical (unpaired) electrons. The topological polar surface area (TPSA) is 158 Å². The van der Waals surface area contributed by atoms with Crippen molar-refractivity contribution in [3.05, 3.63) is 79.6 Å². The van der Waals surface area contributed by atoms with E-state index in [0.29, 0.717) is 5.56 Å². The van der Waals surface area contributed by atoms with Crippen molar-refractivity contribution >= 4 is 23.2 Å². The molecule has 10 nitrogen and oxygen atoms in total. The summed E-state index contributed by atoms with van der Waals surface area (Å²) in [4.78, 5) is 43.9. The molecule has 0 spiro atoms. The highest BCUT2D eigenvalue weighted by Gasteiger charge is 2.22. The first-order valence-electron chi connectivity index (χ1n) is 7.92. The lowest BCUT2D eigenvalue weighted by Crippen LogP contribution is -2.46. The molecule has 28 heavy (non-hydrogen) atoms. The number of non-ortho nitro benzene ring substituents is 1. The van der Waals surface area contributed by atoms with E-state index in [1.807, 2.05) is 0 Å². The van der Waals surface area contributed by atoms with Gasteiger partial charge in [-0.05, 0) is 17.2 Å². The zero-order valence-electron chi connectivity index (χ0n) is 14.3. The van der Waals surface area contributed by atoms with Gasteiger partial charge in [0.2, 0.25) is 17.6 Å². The van der Waals surface area contributed by atoms with Crippen molar-refractivity contribution < 1.29 is 23.8 Å². The Hall–Kier alpha value is -3.89. The minimum Gasteiger partial charge on any atom is -0.368 e. The lowest BCUT2D eigenvalue weighted by atomic mass is 10.0. The first-order valence-corrected chi connectivity index (χ1v) is 7.92. The van der Waals surface area contributed by atoms with Gasteiger partial charge in [-0.1, -0.05) is 18.2 Å². The van der Waals surface area contributed by atoms with Crippen LogP contribution in [-0.4, -0.2) is 27.7 Å². The van der Waals surface area contributed by atoms with Crippen LogP contribution < -0.4 is 11.1 Å². The highest BCUT2D eigenvalue weighted by molar-refractivity contribution is 5.87. The summed E-state index contributed by atoms with van der Waals surface area (Å²) in [5.41, 5.74) is 4.90. The first kappa shape index (κ1) is 20.4. The van der Waals surface area contributed by atoms with Crippen LogP contribution in [0.15, 0.2) is 42.5 Å². The van der Waals surface area contributed by atoms with Gasteiger partial charge in [0, 0.05) is 24.6 Å². The largest absolute Gasteiger partial charge is 0.368 e. The molecule has 2 aromatic rings. The van der Waals surface area contributed by atoms with Crippen molar-refractivity contribution in [1.29, 1.82) is 0 Å². The predicted molar refractivity (Wildman–Crippen MR) is 94.7 cm³/mol. The molecular weight excluding hydrogens is 375 g/mol. The molecule has 0 saturated carbocycles. The quantitative estimate of drug-likeness (QED) is 0.512.